The molecule has 5 nitrogen and oxygen atoms in total. The molecule has 1 N–H and O–H groups in total. The molecule has 2 rings (SSSR count). The highest BCUT2D eigenvalue weighted by atomic mass is 16.4. The van der Waals surface area contributed by atoms with Crippen LogP contribution in [0.25, 0.3) is 0 Å². The van der Waals surface area contributed by atoms with Crippen LogP contribution in [0.2, 0.25) is 0 Å². The van der Waals surface area contributed by atoms with Crippen molar-refractivity contribution in [3.8, 4) is 0 Å². The summed E-state index contributed by atoms with van der Waals surface area (Å²) in [6.45, 7) is 0. The maximum absolute atomic E-state index is 11.3. The quantitative estimate of drug-likeness (QED) is 0.820. The number of aliphatic carboxylic acids is 1. The van der Waals surface area contributed by atoms with E-state index in [4.69, 9.17) is 0 Å². The van der Waals surface area contributed by atoms with Crippen molar-refractivity contribution < 1.29 is 9.90 Å². The lowest BCUT2D eigenvalue weighted by Gasteiger charge is -2.14. The molecule has 0 aliphatic rings. The zero-order valence-corrected chi connectivity index (χ0v) is 8.85. The molecule has 1 heterocycles. The fourth-order valence-electron chi connectivity index (χ4n) is 1.69. The molecule has 17 heavy (non-hydrogen) atoms. The van der Waals surface area contributed by atoms with Gasteiger partial charge >= 0.3 is 5.97 Å². The summed E-state index contributed by atoms with van der Waals surface area (Å²) in [5, 5.41) is 12.0. The van der Waals surface area contributed by atoms with Crippen LogP contribution < -0.4 is 0 Å². The van der Waals surface area contributed by atoms with Gasteiger partial charge in [-0.1, -0.05) is 30.3 Å². The third kappa shape index (κ3) is 2.23. The fraction of sp³-hybridized carbons (Fsp3) is 0.0833. The molecule has 5 heteroatoms. The van der Waals surface area contributed by atoms with Crippen LogP contribution in [0.4, 0.5) is 5.69 Å². The number of nitroso groups, excluding NO2 is 1. The lowest BCUT2D eigenvalue weighted by Crippen LogP contribution is -2.18. The minimum atomic E-state index is -0.982. The summed E-state index contributed by atoms with van der Waals surface area (Å²) >= 11 is 0. The summed E-state index contributed by atoms with van der Waals surface area (Å²) in [4.78, 5) is 21.6. The zero-order chi connectivity index (χ0) is 12.3. The van der Waals surface area contributed by atoms with E-state index in [-0.39, 0.29) is 5.69 Å². The van der Waals surface area contributed by atoms with Gasteiger partial charge in [0.1, 0.15) is 5.69 Å². The number of benzene rings is 1. The first-order chi connectivity index (χ1) is 8.22. The molecule has 1 aromatic carbocycles. The van der Waals surface area contributed by atoms with Crippen LogP contribution in [0.1, 0.15) is 11.6 Å². The second-order valence-corrected chi connectivity index (χ2v) is 3.56. The highest BCUT2D eigenvalue weighted by molar-refractivity contribution is 5.76. The Morgan fingerprint density at radius 1 is 1.24 bits per heavy atom. The first-order valence-electron chi connectivity index (χ1n) is 5.01. The average Bonchev–Trinajstić information content (AvgIpc) is 2.79. The SMILES string of the molecule is O=Nc1ccn([C@H](C(=O)O)c2ccccc2)c1. The van der Waals surface area contributed by atoms with E-state index in [0.29, 0.717) is 5.56 Å². The predicted molar refractivity (Wildman–Crippen MR) is 62.1 cm³/mol. The maximum Gasteiger partial charge on any atom is 0.331 e. The molecule has 0 aliphatic heterocycles. The van der Waals surface area contributed by atoms with Crippen molar-refractivity contribution in [3.63, 3.8) is 0 Å². The monoisotopic (exact) mass is 230 g/mol. The number of aromatic nitrogens is 1. The van der Waals surface area contributed by atoms with Gasteiger partial charge in [0.2, 0.25) is 0 Å². The number of nitrogens with zero attached hydrogens (tertiary/aromatic N) is 2. The number of carboxylic acid groups (broad SMARTS) is 1. The summed E-state index contributed by atoms with van der Waals surface area (Å²) in [5.41, 5.74) is 0.861. The van der Waals surface area contributed by atoms with E-state index in [1.54, 1.807) is 24.3 Å². The van der Waals surface area contributed by atoms with Crippen LogP contribution in [-0.4, -0.2) is 15.6 Å². The van der Waals surface area contributed by atoms with Gasteiger partial charge in [0.15, 0.2) is 6.04 Å². The summed E-state index contributed by atoms with van der Waals surface area (Å²) in [6.07, 6.45) is 2.95. The summed E-state index contributed by atoms with van der Waals surface area (Å²) in [5.74, 6) is -0.982. The highest BCUT2D eigenvalue weighted by Crippen LogP contribution is 2.22. The van der Waals surface area contributed by atoms with Gasteiger partial charge in [0.05, 0.1) is 0 Å². The number of carbonyl (C=O) groups is 1. The van der Waals surface area contributed by atoms with Crippen molar-refractivity contribution in [3.05, 3.63) is 59.3 Å². The number of hydrogen-bond donors (Lipinski definition) is 1. The zero-order valence-electron chi connectivity index (χ0n) is 8.85. The first kappa shape index (κ1) is 11.1. The lowest BCUT2D eigenvalue weighted by molar-refractivity contribution is -0.139. The fourth-order valence-corrected chi connectivity index (χ4v) is 1.69. The molecular formula is C12H10N2O3. The smallest absolute Gasteiger partial charge is 0.331 e. The minimum absolute atomic E-state index is 0.215. The van der Waals surface area contributed by atoms with Crippen molar-refractivity contribution >= 4 is 11.7 Å². The van der Waals surface area contributed by atoms with Crippen molar-refractivity contribution in [1.29, 1.82) is 0 Å². The van der Waals surface area contributed by atoms with Crippen LogP contribution >= 0.6 is 0 Å². The van der Waals surface area contributed by atoms with Gasteiger partial charge in [-0.15, -0.1) is 4.91 Å². The van der Waals surface area contributed by atoms with E-state index in [0.717, 1.165) is 0 Å². The largest absolute Gasteiger partial charge is 0.479 e. The molecule has 0 bridgehead atoms. The molecule has 0 saturated heterocycles. The molecule has 0 saturated carbocycles. The molecular weight excluding hydrogens is 220 g/mol. The van der Waals surface area contributed by atoms with Gasteiger partial charge < -0.3 is 9.67 Å². The van der Waals surface area contributed by atoms with Gasteiger partial charge in [-0.2, -0.15) is 0 Å². The second kappa shape index (κ2) is 4.61. The van der Waals surface area contributed by atoms with E-state index in [1.165, 1.54) is 23.0 Å². The molecule has 1 aromatic heterocycles. The minimum Gasteiger partial charge on any atom is -0.479 e. The normalized spacial score (nSPS) is 12.0. The van der Waals surface area contributed by atoms with E-state index in [1.807, 2.05) is 6.07 Å². The number of hydrogen-bond acceptors (Lipinski definition) is 3. The number of rotatable bonds is 4. The molecule has 0 radical (unpaired) electrons. The summed E-state index contributed by atoms with van der Waals surface area (Å²) < 4.78 is 1.45. The summed E-state index contributed by atoms with van der Waals surface area (Å²) in [6, 6.07) is 9.45. The topological polar surface area (TPSA) is 71.7 Å². The van der Waals surface area contributed by atoms with Crippen LogP contribution in [0, 0.1) is 4.91 Å². The highest BCUT2D eigenvalue weighted by Gasteiger charge is 2.21. The lowest BCUT2D eigenvalue weighted by atomic mass is 10.1. The van der Waals surface area contributed by atoms with Crippen LogP contribution in [0.3, 0.4) is 0 Å². The van der Waals surface area contributed by atoms with Crippen molar-refractivity contribution in [2.45, 2.75) is 6.04 Å². The Kier molecular flexibility index (Phi) is 3.00. The molecule has 2 aromatic rings. The van der Waals surface area contributed by atoms with E-state index in [2.05, 4.69) is 5.18 Å². The van der Waals surface area contributed by atoms with E-state index >= 15 is 0 Å². The molecule has 0 unspecified atom stereocenters. The molecule has 0 spiro atoms. The Hall–Kier alpha value is -2.43. The van der Waals surface area contributed by atoms with Gasteiger partial charge in [-0.05, 0) is 16.8 Å². The molecule has 1 atom stereocenters. The van der Waals surface area contributed by atoms with Crippen LogP contribution in [0.5, 0.6) is 0 Å². The van der Waals surface area contributed by atoms with Gasteiger partial charge in [0, 0.05) is 12.4 Å². The first-order valence-corrected chi connectivity index (χ1v) is 5.01. The number of carboxylic acids is 1. The van der Waals surface area contributed by atoms with Crippen molar-refractivity contribution in [2.24, 2.45) is 5.18 Å². The van der Waals surface area contributed by atoms with Crippen LogP contribution in [-0.2, 0) is 4.79 Å². The molecule has 0 aliphatic carbocycles. The second-order valence-electron chi connectivity index (χ2n) is 3.56. The van der Waals surface area contributed by atoms with Crippen LogP contribution in [0.15, 0.2) is 54.0 Å². The Labute approximate surface area is 97.3 Å². The Morgan fingerprint density at radius 3 is 2.47 bits per heavy atom. The van der Waals surface area contributed by atoms with Gasteiger partial charge in [-0.3, -0.25) is 0 Å². The van der Waals surface area contributed by atoms with Crippen molar-refractivity contribution in [1.82, 2.24) is 4.57 Å². The van der Waals surface area contributed by atoms with E-state index < -0.39 is 12.0 Å². The Bertz CT molecular complexity index is 534. The Morgan fingerprint density at radius 2 is 1.94 bits per heavy atom. The third-order valence-electron chi connectivity index (χ3n) is 2.45. The van der Waals surface area contributed by atoms with E-state index in [9.17, 15) is 14.8 Å². The van der Waals surface area contributed by atoms with Crippen molar-refractivity contribution in [2.75, 3.05) is 0 Å². The predicted octanol–water partition coefficient (Wildman–Crippen LogP) is 2.56. The van der Waals surface area contributed by atoms with Gasteiger partial charge in [0.25, 0.3) is 0 Å². The molecule has 0 fully saturated rings. The average molecular weight is 230 g/mol. The third-order valence-corrected chi connectivity index (χ3v) is 2.45. The molecule has 0 amide bonds. The maximum atomic E-state index is 11.3. The standard InChI is InChI=1S/C12H10N2O3/c15-12(16)11(9-4-2-1-3-5-9)14-7-6-10(8-14)13-17/h1-8,11H,(H,15,16)/t11-/m0/s1. The van der Waals surface area contributed by atoms with Gasteiger partial charge in [-0.25, -0.2) is 4.79 Å². The Balaban J connectivity index is 2.42. The molecule has 86 valence electrons. The summed E-state index contributed by atoms with van der Waals surface area (Å²) in [7, 11) is 0.